The molecule has 1 aliphatic carbocycles. The summed E-state index contributed by atoms with van der Waals surface area (Å²) in [4.78, 5) is 41.2. The number of rotatable bonds is 3. The van der Waals surface area contributed by atoms with Gasteiger partial charge in [0.2, 0.25) is 0 Å². The zero-order valence-corrected chi connectivity index (χ0v) is 12.3. The van der Waals surface area contributed by atoms with Crippen molar-refractivity contribution in [3.63, 3.8) is 0 Å². The second kappa shape index (κ2) is 4.39. The number of amides is 1. The maximum absolute atomic E-state index is 12.4. The molecular weight excluding hydrogens is 294 g/mol. The molecule has 2 aromatic heterocycles. The van der Waals surface area contributed by atoms with Crippen LogP contribution >= 0.6 is 11.3 Å². The summed E-state index contributed by atoms with van der Waals surface area (Å²) in [5, 5.41) is 11.5. The van der Waals surface area contributed by atoms with E-state index in [-0.39, 0.29) is 5.56 Å². The number of fused-ring (bicyclic) bond motifs is 1. The summed E-state index contributed by atoms with van der Waals surface area (Å²) in [5.74, 6) is -1.77. The molecule has 3 rings (SSSR count). The number of thiazole rings is 1. The van der Waals surface area contributed by atoms with Gasteiger partial charge < -0.3 is 10.4 Å². The number of nitrogens with zero attached hydrogens (tertiary/aromatic N) is 2. The standard InChI is InChI=1S/C13H13N3O4S/c1-6-7(2)21-12-14-5-8(10(18)16(6)12)9(17)15-13(3-4-13)11(19)20/h5H,3-4H2,1-2H3,(H,15,17)(H,19,20). The molecule has 1 aliphatic rings. The predicted octanol–water partition coefficient (Wildman–Crippen LogP) is 0.720. The lowest BCUT2D eigenvalue weighted by Crippen LogP contribution is -2.45. The van der Waals surface area contributed by atoms with Gasteiger partial charge in [-0.05, 0) is 26.7 Å². The highest BCUT2D eigenvalue weighted by Crippen LogP contribution is 2.35. The molecule has 8 heteroatoms. The van der Waals surface area contributed by atoms with E-state index in [9.17, 15) is 14.4 Å². The summed E-state index contributed by atoms with van der Waals surface area (Å²) in [6.45, 7) is 3.65. The number of carboxylic acids is 1. The van der Waals surface area contributed by atoms with Crippen molar-refractivity contribution in [3.8, 4) is 0 Å². The molecule has 0 radical (unpaired) electrons. The predicted molar refractivity (Wildman–Crippen MR) is 75.9 cm³/mol. The van der Waals surface area contributed by atoms with Gasteiger partial charge in [-0.25, -0.2) is 9.78 Å². The van der Waals surface area contributed by atoms with E-state index in [1.165, 1.54) is 21.9 Å². The molecule has 21 heavy (non-hydrogen) atoms. The molecule has 1 saturated carbocycles. The lowest BCUT2D eigenvalue weighted by atomic mass is 10.2. The number of carboxylic acid groups (broad SMARTS) is 1. The third-order valence-electron chi connectivity index (χ3n) is 3.77. The van der Waals surface area contributed by atoms with Crippen LogP contribution in [0.4, 0.5) is 0 Å². The molecular formula is C13H13N3O4S. The van der Waals surface area contributed by atoms with Crippen molar-refractivity contribution in [2.75, 3.05) is 0 Å². The fourth-order valence-electron chi connectivity index (χ4n) is 2.13. The Balaban J connectivity index is 2.03. The molecule has 0 atom stereocenters. The fraction of sp³-hybridized carbons (Fsp3) is 0.385. The maximum Gasteiger partial charge on any atom is 0.329 e. The Hall–Kier alpha value is -2.22. The molecule has 1 fully saturated rings. The largest absolute Gasteiger partial charge is 0.480 e. The van der Waals surface area contributed by atoms with E-state index in [1.807, 2.05) is 6.92 Å². The van der Waals surface area contributed by atoms with Crippen LogP contribution in [0, 0.1) is 13.8 Å². The molecule has 2 aromatic rings. The van der Waals surface area contributed by atoms with Gasteiger partial charge in [-0.3, -0.25) is 14.0 Å². The van der Waals surface area contributed by atoms with Crippen LogP contribution in [0.3, 0.4) is 0 Å². The van der Waals surface area contributed by atoms with E-state index in [0.717, 1.165) is 10.6 Å². The van der Waals surface area contributed by atoms with Crippen molar-refractivity contribution in [3.05, 3.63) is 32.7 Å². The normalized spacial score (nSPS) is 15.9. The van der Waals surface area contributed by atoms with Crippen molar-refractivity contribution >= 4 is 28.2 Å². The summed E-state index contributed by atoms with van der Waals surface area (Å²) < 4.78 is 1.38. The number of aryl methyl sites for hydroxylation is 2. The van der Waals surface area contributed by atoms with E-state index in [2.05, 4.69) is 10.3 Å². The fourth-order valence-corrected chi connectivity index (χ4v) is 3.06. The number of carbonyl (C=O) groups excluding carboxylic acids is 1. The Morgan fingerprint density at radius 3 is 2.67 bits per heavy atom. The van der Waals surface area contributed by atoms with Gasteiger partial charge >= 0.3 is 5.97 Å². The molecule has 0 saturated heterocycles. The third kappa shape index (κ3) is 2.02. The van der Waals surface area contributed by atoms with E-state index < -0.39 is 23.0 Å². The molecule has 0 bridgehead atoms. The van der Waals surface area contributed by atoms with Crippen molar-refractivity contribution in [2.45, 2.75) is 32.2 Å². The Morgan fingerprint density at radius 1 is 1.43 bits per heavy atom. The Labute approximate surface area is 123 Å². The van der Waals surface area contributed by atoms with E-state index in [0.29, 0.717) is 17.8 Å². The first-order chi connectivity index (χ1) is 9.85. The number of carbonyl (C=O) groups is 2. The summed E-state index contributed by atoms with van der Waals surface area (Å²) in [7, 11) is 0. The van der Waals surface area contributed by atoms with Gasteiger partial charge in [-0.2, -0.15) is 0 Å². The number of hydrogen-bond acceptors (Lipinski definition) is 5. The van der Waals surface area contributed by atoms with Crippen molar-refractivity contribution in [2.24, 2.45) is 0 Å². The summed E-state index contributed by atoms with van der Waals surface area (Å²) in [6, 6.07) is 0. The molecule has 0 spiro atoms. The Morgan fingerprint density at radius 2 is 2.10 bits per heavy atom. The topological polar surface area (TPSA) is 101 Å². The summed E-state index contributed by atoms with van der Waals surface area (Å²) in [6.07, 6.45) is 1.96. The SMILES string of the molecule is Cc1sc2ncc(C(=O)NC3(C(=O)O)CC3)c(=O)n2c1C. The van der Waals surface area contributed by atoms with Gasteiger partial charge in [0.05, 0.1) is 0 Å². The van der Waals surface area contributed by atoms with Crippen molar-refractivity contribution in [1.82, 2.24) is 14.7 Å². The zero-order valence-electron chi connectivity index (χ0n) is 11.5. The van der Waals surface area contributed by atoms with Crippen LogP contribution < -0.4 is 10.9 Å². The zero-order chi connectivity index (χ0) is 15.4. The lowest BCUT2D eigenvalue weighted by molar-refractivity contribution is -0.140. The minimum absolute atomic E-state index is 0.138. The highest BCUT2D eigenvalue weighted by molar-refractivity contribution is 7.17. The molecule has 110 valence electrons. The highest BCUT2D eigenvalue weighted by Gasteiger charge is 2.52. The number of hydrogen-bond donors (Lipinski definition) is 2. The maximum atomic E-state index is 12.4. The molecule has 1 amide bonds. The average molecular weight is 307 g/mol. The van der Waals surface area contributed by atoms with Crippen LogP contribution in [0.2, 0.25) is 0 Å². The van der Waals surface area contributed by atoms with Crippen LogP contribution in [0.15, 0.2) is 11.0 Å². The number of nitrogens with one attached hydrogen (secondary N) is 1. The first kappa shape index (κ1) is 13.7. The molecule has 0 aromatic carbocycles. The molecule has 2 heterocycles. The quantitative estimate of drug-likeness (QED) is 0.870. The van der Waals surface area contributed by atoms with Gasteiger partial charge in [-0.1, -0.05) is 0 Å². The van der Waals surface area contributed by atoms with E-state index >= 15 is 0 Å². The van der Waals surface area contributed by atoms with Gasteiger partial charge in [-0.15, -0.1) is 11.3 Å². The van der Waals surface area contributed by atoms with Crippen molar-refractivity contribution in [1.29, 1.82) is 0 Å². The lowest BCUT2D eigenvalue weighted by Gasteiger charge is -2.11. The van der Waals surface area contributed by atoms with Gasteiger partial charge in [0.25, 0.3) is 11.5 Å². The molecule has 7 nitrogen and oxygen atoms in total. The van der Waals surface area contributed by atoms with Crippen LogP contribution in [0.25, 0.3) is 4.96 Å². The average Bonchev–Trinajstić information content (AvgIpc) is 3.13. The highest BCUT2D eigenvalue weighted by atomic mass is 32.1. The van der Waals surface area contributed by atoms with E-state index in [1.54, 1.807) is 6.92 Å². The van der Waals surface area contributed by atoms with Crippen LogP contribution in [-0.2, 0) is 4.79 Å². The first-order valence-corrected chi connectivity index (χ1v) is 7.21. The number of aliphatic carboxylic acids is 1. The summed E-state index contributed by atoms with van der Waals surface area (Å²) >= 11 is 1.37. The van der Waals surface area contributed by atoms with Crippen LogP contribution in [0.1, 0.15) is 33.8 Å². The minimum atomic E-state index is -1.22. The Kier molecular flexibility index (Phi) is 2.87. The summed E-state index contributed by atoms with van der Waals surface area (Å²) in [5.41, 5.74) is -1.09. The second-order valence-electron chi connectivity index (χ2n) is 5.18. The smallest absolute Gasteiger partial charge is 0.329 e. The monoisotopic (exact) mass is 307 g/mol. The second-order valence-corrected chi connectivity index (χ2v) is 6.36. The van der Waals surface area contributed by atoms with Gasteiger partial charge in [0, 0.05) is 16.8 Å². The van der Waals surface area contributed by atoms with Crippen molar-refractivity contribution < 1.29 is 14.7 Å². The third-order valence-corrected chi connectivity index (χ3v) is 4.85. The molecule has 0 aliphatic heterocycles. The Bertz CT molecular complexity index is 832. The number of aromatic nitrogens is 2. The minimum Gasteiger partial charge on any atom is -0.480 e. The van der Waals surface area contributed by atoms with Gasteiger partial charge in [0.1, 0.15) is 11.1 Å². The first-order valence-electron chi connectivity index (χ1n) is 6.39. The van der Waals surface area contributed by atoms with E-state index in [4.69, 9.17) is 5.11 Å². The van der Waals surface area contributed by atoms with Gasteiger partial charge in [0.15, 0.2) is 4.96 Å². The van der Waals surface area contributed by atoms with Crippen LogP contribution in [0.5, 0.6) is 0 Å². The van der Waals surface area contributed by atoms with Crippen LogP contribution in [-0.4, -0.2) is 31.9 Å². The molecule has 0 unspecified atom stereocenters. The molecule has 2 N–H and O–H groups in total.